The third-order valence-corrected chi connectivity index (χ3v) is 6.46. The van der Waals surface area contributed by atoms with E-state index in [1.165, 1.54) is 0 Å². The molecule has 2 rings (SSSR count). The molecule has 4 nitrogen and oxygen atoms in total. The van der Waals surface area contributed by atoms with Crippen LogP contribution in [0, 0.1) is 0 Å². The van der Waals surface area contributed by atoms with Crippen molar-refractivity contribution in [2.45, 2.75) is 57.2 Å². The highest BCUT2D eigenvalue weighted by molar-refractivity contribution is 7.89. The number of rotatable bonds is 6. The Labute approximate surface area is 128 Å². The second-order valence-electron chi connectivity index (χ2n) is 5.88. The topological polar surface area (TPSA) is 63.4 Å². The molecule has 5 heteroatoms. The van der Waals surface area contributed by atoms with E-state index in [0.29, 0.717) is 18.8 Å². The number of benzene rings is 1. The largest absolute Gasteiger partial charge is 0.399 e. The maximum atomic E-state index is 12.9. The predicted molar refractivity (Wildman–Crippen MR) is 87.3 cm³/mol. The molecule has 1 aromatic rings. The fraction of sp³-hybridized carbons (Fsp3) is 0.625. The fourth-order valence-corrected chi connectivity index (χ4v) is 5.13. The van der Waals surface area contributed by atoms with Gasteiger partial charge in [0.25, 0.3) is 0 Å². The van der Waals surface area contributed by atoms with Gasteiger partial charge in [0, 0.05) is 18.8 Å². The molecule has 0 atom stereocenters. The average molecular weight is 310 g/mol. The molecule has 0 saturated heterocycles. The van der Waals surface area contributed by atoms with Gasteiger partial charge in [-0.15, -0.1) is 0 Å². The van der Waals surface area contributed by atoms with Gasteiger partial charge in [-0.05, 0) is 37.0 Å². The van der Waals surface area contributed by atoms with Gasteiger partial charge in [-0.1, -0.05) is 38.3 Å². The lowest BCUT2D eigenvalue weighted by Gasteiger charge is -2.29. The zero-order valence-electron chi connectivity index (χ0n) is 12.8. The van der Waals surface area contributed by atoms with E-state index in [1.54, 1.807) is 4.31 Å². The number of nitrogens with zero attached hydrogens (tertiary/aromatic N) is 1. The summed E-state index contributed by atoms with van der Waals surface area (Å²) in [7, 11) is -3.20. The molecular weight excluding hydrogens is 284 g/mol. The van der Waals surface area contributed by atoms with Crippen LogP contribution in [-0.2, 0) is 16.6 Å². The van der Waals surface area contributed by atoms with Gasteiger partial charge in [0.15, 0.2) is 0 Å². The molecule has 0 heterocycles. The van der Waals surface area contributed by atoms with Crippen LogP contribution in [0.25, 0.3) is 0 Å². The quantitative estimate of drug-likeness (QED) is 0.821. The summed E-state index contributed by atoms with van der Waals surface area (Å²) in [6, 6.07) is 7.50. The Kier molecular flexibility index (Phi) is 5.65. The van der Waals surface area contributed by atoms with Crippen molar-refractivity contribution in [1.29, 1.82) is 0 Å². The number of hydrogen-bond acceptors (Lipinski definition) is 3. The second-order valence-corrected chi connectivity index (χ2v) is 8.10. The highest BCUT2D eigenvalue weighted by Crippen LogP contribution is 2.27. The third-order valence-electron chi connectivity index (χ3n) is 4.12. The molecule has 0 bridgehead atoms. The fourth-order valence-electron chi connectivity index (χ4n) is 3.01. The lowest BCUT2D eigenvalue weighted by atomic mass is 10.0. The minimum atomic E-state index is -3.20. The summed E-state index contributed by atoms with van der Waals surface area (Å²) in [6.45, 7) is 3.02. The highest BCUT2D eigenvalue weighted by atomic mass is 32.2. The molecule has 0 radical (unpaired) electrons. The first-order chi connectivity index (χ1) is 10.0. The summed E-state index contributed by atoms with van der Waals surface area (Å²) in [5, 5.41) is -0.196. The van der Waals surface area contributed by atoms with Gasteiger partial charge in [0.2, 0.25) is 10.0 Å². The molecule has 0 aromatic heterocycles. The molecule has 0 aliphatic heterocycles. The van der Waals surface area contributed by atoms with Crippen LogP contribution < -0.4 is 5.73 Å². The first-order valence-electron chi connectivity index (χ1n) is 7.87. The van der Waals surface area contributed by atoms with Gasteiger partial charge in [0.1, 0.15) is 0 Å². The standard InChI is InChI=1S/C16H26N2O2S/c1-2-11-18(13-14-7-6-8-15(17)12-14)21(19,20)16-9-4-3-5-10-16/h6-8,12,16H,2-5,9-11,13,17H2,1H3. The van der Waals surface area contributed by atoms with Gasteiger partial charge < -0.3 is 5.73 Å². The summed E-state index contributed by atoms with van der Waals surface area (Å²) in [4.78, 5) is 0. The van der Waals surface area contributed by atoms with Crippen molar-refractivity contribution in [1.82, 2.24) is 4.31 Å². The van der Waals surface area contributed by atoms with E-state index in [1.807, 2.05) is 31.2 Å². The van der Waals surface area contributed by atoms with Crippen molar-refractivity contribution in [3.63, 3.8) is 0 Å². The van der Waals surface area contributed by atoms with E-state index in [9.17, 15) is 8.42 Å². The number of nitrogens with two attached hydrogens (primary N) is 1. The van der Waals surface area contributed by atoms with Crippen LogP contribution in [0.4, 0.5) is 5.69 Å². The van der Waals surface area contributed by atoms with E-state index < -0.39 is 10.0 Å². The zero-order chi connectivity index (χ0) is 15.3. The molecule has 0 spiro atoms. The lowest BCUT2D eigenvalue weighted by molar-refractivity contribution is 0.382. The Morgan fingerprint density at radius 3 is 2.57 bits per heavy atom. The summed E-state index contributed by atoms with van der Waals surface area (Å²) >= 11 is 0. The van der Waals surface area contributed by atoms with E-state index in [2.05, 4.69) is 0 Å². The van der Waals surface area contributed by atoms with Crippen LogP contribution in [0.3, 0.4) is 0 Å². The average Bonchev–Trinajstić information content (AvgIpc) is 2.48. The van der Waals surface area contributed by atoms with E-state index in [4.69, 9.17) is 5.73 Å². The molecule has 1 saturated carbocycles. The van der Waals surface area contributed by atoms with Crippen LogP contribution in [0.15, 0.2) is 24.3 Å². The molecule has 0 amide bonds. The molecule has 0 unspecified atom stereocenters. The monoisotopic (exact) mass is 310 g/mol. The summed E-state index contributed by atoms with van der Waals surface area (Å²) in [5.74, 6) is 0. The number of sulfonamides is 1. The van der Waals surface area contributed by atoms with Crippen molar-refractivity contribution in [3.8, 4) is 0 Å². The van der Waals surface area contributed by atoms with Crippen molar-refractivity contribution in [2.75, 3.05) is 12.3 Å². The normalized spacial score (nSPS) is 17.2. The molecule has 2 N–H and O–H groups in total. The van der Waals surface area contributed by atoms with Crippen LogP contribution in [-0.4, -0.2) is 24.5 Å². The van der Waals surface area contributed by atoms with E-state index >= 15 is 0 Å². The first-order valence-corrected chi connectivity index (χ1v) is 9.37. The highest BCUT2D eigenvalue weighted by Gasteiger charge is 2.32. The van der Waals surface area contributed by atoms with Crippen molar-refractivity contribution < 1.29 is 8.42 Å². The van der Waals surface area contributed by atoms with Gasteiger partial charge in [-0.3, -0.25) is 0 Å². The predicted octanol–water partition coefficient (Wildman–Crippen LogP) is 3.14. The minimum Gasteiger partial charge on any atom is -0.399 e. The Bertz CT molecular complexity index is 551. The maximum absolute atomic E-state index is 12.9. The Balaban J connectivity index is 2.17. The maximum Gasteiger partial charge on any atom is 0.217 e. The second kappa shape index (κ2) is 7.27. The first kappa shape index (κ1) is 16.3. The summed E-state index contributed by atoms with van der Waals surface area (Å²) in [5.41, 5.74) is 7.43. The molecule has 118 valence electrons. The molecule has 1 aliphatic rings. The van der Waals surface area contributed by atoms with E-state index in [-0.39, 0.29) is 5.25 Å². The van der Waals surface area contributed by atoms with Crippen LogP contribution in [0.1, 0.15) is 51.0 Å². The van der Waals surface area contributed by atoms with Crippen molar-refractivity contribution in [3.05, 3.63) is 29.8 Å². The molecule has 1 aliphatic carbocycles. The van der Waals surface area contributed by atoms with Crippen LogP contribution in [0.5, 0.6) is 0 Å². The smallest absolute Gasteiger partial charge is 0.217 e. The minimum absolute atomic E-state index is 0.196. The van der Waals surface area contributed by atoms with Gasteiger partial charge in [0.05, 0.1) is 5.25 Å². The lowest BCUT2D eigenvalue weighted by Crippen LogP contribution is -2.39. The number of nitrogen functional groups attached to an aromatic ring is 1. The molecule has 1 fully saturated rings. The number of hydrogen-bond donors (Lipinski definition) is 1. The Morgan fingerprint density at radius 2 is 1.95 bits per heavy atom. The van der Waals surface area contributed by atoms with Crippen LogP contribution >= 0.6 is 0 Å². The molecular formula is C16H26N2O2S. The Morgan fingerprint density at radius 1 is 1.24 bits per heavy atom. The SMILES string of the molecule is CCCN(Cc1cccc(N)c1)S(=O)(=O)C1CCCCC1. The zero-order valence-corrected chi connectivity index (χ0v) is 13.6. The van der Waals surface area contributed by atoms with Crippen molar-refractivity contribution >= 4 is 15.7 Å². The van der Waals surface area contributed by atoms with Crippen LogP contribution in [0.2, 0.25) is 0 Å². The molecule has 1 aromatic carbocycles. The van der Waals surface area contributed by atoms with Gasteiger partial charge in [-0.2, -0.15) is 4.31 Å². The van der Waals surface area contributed by atoms with Gasteiger partial charge >= 0.3 is 0 Å². The summed E-state index contributed by atoms with van der Waals surface area (Å²) in [6.07, 6.45) is 5.66. The van der Waals surface area contributed by atoms with Gasteiger partial charge in [-0.25, -0.2) is 8.42 Å². The summed E-state index contributed by atoms with van der Waals surface area (Å²) < 4.78 is 27.4. The third kappa shape index (κ3) is 4.20. The Hall–Kier alpha value is -1.07. The van der Waals surface area contributed by atoms with Crippen molar-refractivity contribution in [2.24, 2.45) is 0 Å². The van der Waals surface area contributed by atoms with E-state index in [0.717, 1.165) is 44.1 Å². The molecule has 21 heavy (non-hydrogen) atoms. The number of anilines is 1.